The molecular weight excluding hydrogens is 1720 g/mol. The maximum atomic E-state index is 5.67. The minimum Gasteiger partial charge on any atom is -0.184 e. The first-order chi connectivity index (χ1) is 54.4. The van der Waals surface area contributed by atoms with Crippen LogP contribution in [0.3, 0.4) is 0 Å². The SMILES string of the molecule is C.C1CCOC1.Clc1ccnc(Cl)n1.Clc1nccc(-c2ccccc2)n1.[Pd].[Zn+][Br].[c-]1ccccc1.c1ccc(P(c2ccccc2)c2ccccc2)cc1.c1ccc(P(c2ccccc2)c2ccccc2)cc1.c1ccc(P(c2ccccc2)c2ccccc2)cc1.c1ccc(P(c2ccccc2)c2ccccc2)cc1. The van der Waals surface area contributed by atoms with Gasteiger partial charge >= 0.3 is 30.0 Å². The molecule has 0 spiro atoms. The summed E-state index contributed by atoms with van der Waals surface area (Å²) in [5.74, 6) is 0. The number of benzene rings is 14. The van der Waals surface area contributed by atoms with Gasteiger partial charge < -0.3 is 4.74 Å². The standard InChI is InChI=1S/4C18H15P.C10H7ClN2.C6H5.C4H2Cl2N2.C4H8O.CH4.BrH.Pd.Zn/c4*1-4-10-16(11-5-1)19(17-12-6-2-7-13-17)18-14-8-3-9-15-18;11-10-12-7-6-9(13-10)8-4-2-1-3-5-8;1-2-4-6-5-3-1;5-3-1-2-7-4(6)8-3;1-2-4-5-3-1;;;;/h4*1-15H;1-7H;1-5H;1-2H;1-4H2;1H4;1H;;/q;;;;;-1;;;;;;+2/p-1. The van der Waals surface area contributed by atoms with Crippen LogP contribution in [-0.2, 0) is 41.5 Å². The van der Waals surface area contributed by atoms with Crippen LogP contribution in [0.25, 0.3) is 11.3 Å². The summed E-state index contributed by atoms with van der Waals surface area (Å²) in [4.78, 5) is 15.1. The molecule has 1 aliphatic heterocycles. The summed E-state index contributed by atoms with van der Waals surface area (Å²) in [5.41, 5.74) is 1.90. The Kier molecular flexibility index (Phi) is 44.6. The second-order valence-electron chi connectivity index (χ2n) is 23.5. The third-order valence-electron chi connectivity index (χ3n) is 15.9. The molecule has 14 aromatic carbocycles. The Balaban J connectivity index is 0.000000182. The quantitative estimate of drug-likeness (QED) is 0.0378. The van der Waals surface area contributed by atoms with Gasteiger partial charge in [-0.05, 0) is 144 Å². The normalized spacial score (nSPS) is 10.6. The Morgan fingerprint density at radius 2 is 0.464 bits per heavy atom. The van der Waals surface area contributed by atoms with E-state index in [2.05, 4.69) is 404 Å². The molecule has 1 fully saturated rings. The van der Waals surface area contributed by atoms with Crippen LogP contribution in [0.2, 0.25) is 15.7 Å². The first kappa shape index (κ1) is 90.7. The van der Waals surface area contributed by atoms with Crippen molar-refractivity contribution in [3.8, 4) is 11.3 Å². The minimum absolute atomic E-state index is 0. The van der Waals surface area contributed by atoms with Gasteiger partial charge in [0, 0.05) is 51.6 Å². The second-order valence-corrected chi connectivity index (χ2v) is 33.4. The Labute approximate surface area is 714 Å². The maximum absolute atomic E-state index is 5.67. The van der Waals surface area contributed by atoms with E-state index in [0.29, 0.717) is 5.15 Å². The molecule has 1 aliphatic rings. The predicted molar refractivity (Wildman–Crippen MR) is 486 cm³/mol. The van der Waals surface area contributed by atoms with E-state index < -0.39 is 31.7 Å². The number of hydrogen-bond acceptors (Lipinski definition) is 5. The Morgan fingerprint density at radius 1 is 0.268 bits per heavy atom. The van der Waals surface area contributed by atoms with Crippen molar-refractivity contribution >= 4 is 144 Å². The number of ether oxygens (including phenoxy) is 1. The van der Waals surface area contributed by atoms with Gasteiger partial charge in [-0.15, -0.1) is 0 Å². The molecule has 0 N–H and O–H groups in total. The molecule has 0 aliphatic carbocycles. The minimum atomic E-state index is -0.446. The van der Waals surface area contributed by atoms with Crippen molar-refractivity contribution in [1.82, 2.24) is 19.9 Å². The molecule has 0 amide bonds. The molecule has 5 nitrogen and oxygen atoms in total. The molecule has 0 bridgehead atoms. The van der Waals surface area contributed by atoms with E-state index in [9.17, 15) is 0 Å². The molecule has 0 atom stereocenters. The molecule has 1 saturated heterocycles. The van der Waals surface area contributed by atoms with Gasteiger partial charge in [0.15, 0.2) is 0 Å². The zero-order chi connectivity index (χ0) is 76.5. The molecule has 2 aromatic heterocycles. The molecule has 0 unspecified atom stereocenters. The van der Waals surface area contributed by atoms with Crippen LogP contribution < -0.4 is 63.7 Å². The van der Waals surface area contributed by atoms with E-state index in [4.69, 9.17) is 39.5 Å². The Hall–Kier alpha value is -8.44. The summed E-state index contributed by atoms with van der Waals surface area (Å²) in [6, 6.07) is 155. The van der Waals surface area contributed by atoms with E-state index in [-0.39, 0.29) is 38.4 Å². The van der Waals surface area contributed by atoms with Crippen LogP contribution in [0.15, 0.2) is 449 Å². The van der Waals surface area contributed by atoms with Crippen LogP contribution >= 0.6 is 80.1 Å². The largest absolute Gasteiger partial charge is 0.184 e. The van der Waals surface area contributed by atoms with Gasteiger partial charge in [0.2, 0.25) is 10.6 Å². The van der Waals surface area contributed by atoms with E-state index >= 15 is 0 Å². The molecule has 16 aromatic rings. The molecular formula is C97H86BrCl3N4OP4PdZn. The van der Waals surface area contributed by atoms with Crippen molar-refractivity contribution in [2.75, 3.05) is 13.2 Å². The maximum Gasteiger partial charge on any atom is -0.0134 e. The van der Waals surface area contributed by atoms with Crippen LogP contribution in [0.4, 0.5) is 0 Å². The topological polar surface area (TPSA) is 60.8 Å². The molecule has 3 heterocycles. The van der Waals surface area contributed by atoms with E-state index in [1.54, 1.807) is 12.3 Å². The van der Waals surface area contributed by atoms with Crippen molar-refractivity contribution in [1.29, 1.82) is 0 Å². The van der Waals surface area contributed by atoms with Crippen molar-refractivity contribution in [2.45, 2.75) is 20.3 Å². The predicted octanol–water partition coefficient (Wildman–Crippen LogP) is 22.1. The number of hydrogen-bond donors (Lipinski definition) is 0. The summed E-state index contributed by atoms with van der Waals surface area (Å²) in [7, 11) is -1.78. The van der Waals surface area contributed by atoms with Crippen molar-refractivity contribution in [3.05, 3.63) is 471 Å². The molecule has 0 saturated carbocycles. The van der Waals surface area contributed by atoms with Crippen molar-refractivity contribution < 1.29 is 41.5 Å². The van der Waals surface area contributed by atoms with Gasteiger partial charge in [0.25, 0.3) is 0 Å². The first-order valence-corrected chi connectivity index (χ1v) is 49.1. The number of aromatic nitrogens is 4. The van der Waals surface area contributed by atoms with Crippen LogP contribution in [0, 0.1) is 6.07 Å². The third-order valence-corrected chi connectivity index (χ3v) is 26.2. The van der Waals surface area contributed by atoms with Crippen LogP contribution in [0.1, 0.15) is 20.3 Å². The molecule has 112 heavy (non-hydrogen) atoms. The summed E-state index contributed by atoms with van der Waals surface area (Å²) in [5, 5.41) is 17.6. The van der Waals surface area contributed by atoms with Gasteiger partial charge in [-0.1, -0.05) is 413 Å². The first-order valence-electron chi connectivity index (χ1n) is 35.7. The Morgan fingerprint density at radius 3 is 0.616 bits per heavy atom. The fourth-order valence-corrected chi connectivity index (χ4v) is 20.7. The molecule has 560 valence electrons. The van der Waals surface area contributed by atoms with Gasteiger partial charge in [0.1, 0.15) is 5.15 Å². The molecule has 17 rings (SSSR count). The van der Waals surface area contributed by atoms with Crippen molar-refractivity contribution in [3.63, 3.8) is 0 Å². The average Bonchev–Trinajstić information content (AvgIpc) is 0.877. The summed E-state index contributed by atoms with van der Waals surface area (Å²) < 4.78 is 4.94. The third kappa shape index (κ3) is 32.2. The fourth-order valence-electron chi connectivity index (χ4n) is 11.0. The summed E-state index contributed by atoms with van der Waals surface area (Å²) in [6.45, 7) is 2.00. The van der Waals surface area contributed by atoms with Crippen LogP contribution in [0.5, 0.6) is 0 Å². The summed E-state index contributed by atoms with van der Waals surface area (Å²) in [6.07, 6.45) is 5.70. The monoisotopic (exact) mass is 1800 g/mol. The smallest absolute Gasteiger partial charge is 0.0134 e. The van der Waals surface area contributed by atoms with E-state index in [0.717, 1.165) is 24.5 Å². The van der Waals surface area contributed by atoms with Gasteiger partial charge in [-0.3, -0.25) is 0 Å². The number of rotatable bonds is 13. The van der Waals surface area contributed by atoms with Crippen molar-refractivity contribution in [2.24, 2.45) is 0 Å². The van der Waals surface area contributed by atoms with Gasteiger partial charge in [0.05, 0.1) is 5.69 Å². The zero-order valence-corrected chi connectivity index (χ0v) is 73.0. The van der Waals surface area contributed by atoms with E-state index in [1.165, 1.54) is 99.0 Å². The number of halogens is 4. The fraction of sp³-hybridized carbons (Fsp3) is 0.0515. The number of nitrogens with zero attached hydrogens (tertiary/aromatic N) is 4. The average molecular weight is 1810 g/mol. The molecule has 0 radical (unpaired) electrons. The second kappa shape index (κ2) is 55.1. The summed E-state index contributed by atoms with van der Waals surface area (Å²) >= 11 is 20.7. The Bertz CT molecular complexity index is 4090. The van der Waals surface area contributed by atoms with Gasteiger partial charge in [-0.25, -0.2) is 19.9 Å². The van der Waals surface area contributed by atoms with Gasteiger partial charge in [-0.2, -0.15) is 36.4 Å². The van der Waals surface area contributed by atoms with E-state index in [1.807, 2.05) is 66.7 Å². The van der Waals surface area contributed by atoms with Crippen LogP contribution in [-0.4, -0.2) is 33.1 Å². The zero-order valence-electron chi connectivity index (χ0n) is 61.1. The molecule has 15 heteroatoms.